The molecule has 0 aliphatic rings. The van der Waals surface area contributed by atoms with Crippen LogP contribution in [-0.2, 0) is 0 Å². The summed E-state index contributed by atoms with van der Waals surface area (Å²) in [6, 6.07) is 19.2. The minimum Gasteiger partial charge on any atom is -0.221 e. The number of hydrogen-bond donors (Lipinski definition) is 0. The second-order valence-electron chi connectivity index (χ2n) is 4.70. The van der Waals surface area contributed by atoms with E-state index in [9.17, 15) is 0 Å². The van der Waals surface area contributed by atoms with Gasteiger partial charge in [-0.05, 0) is 31.2 Å². The topological polar surface area (TPSA) is 41.6 Å². The molecule has 102 valence electrons. The zero-order valence-electron chi connectivity index (χ0n) is 11.4. The van der Waals surface area contributed by atoms with Crippen molar-refractivity contribution >= 4 is 11.6 Å². The highest BCUT2D eigenvalue weighted by molar-refractivity contribution is 6.31. The van der Waals surface area contributed by atoms with Crippen LogP contribution in [0.2, 0.25) is 5.15 Å². The Morgan fingerprint density at radius 1 is 1.05 bits per heavy atom. The molecule has 3 nitrogen and oxygen atoms in total. The molecule has 0 saturated carbocycles. The molecule has 0 atom stereocenters. The monoisotopic (exact) mass is 293 g/mol. The lowest BCUT2D eigenvalue weighted by atomic mass is 10.1. The largest absolute Gasteiger partial charge is 0.221 e. The van der Waals surface area contributed by atoms with Gasteiger partial charge in [-0.15, -0.1) is 0 Å². The second kappa shape index (κ2) is 5.43. The highest BCUT2D eigenvalue weighted by Gasteiger charge is 2.15. The Morgan fingerprint density at radius 2 is 1.71 bits per heavy atom. The standard InChI is InChI=1S/C17H12ClN3/c1-12-16(14-5-3-2-4-6-14)20-21(17(12)18)15-9-7-13(11-19)8-10-15/h2-10H,1H3. The van der Waals surface area contributed by atoms with Crippen LogP contribution in [-0.4, -0.2) is 9.78 Å². The van der Waals surface area contributed by atoms with E-state index in [4.69, 9.17) is 16.9 Å². The molecule has 2 aromatic carbocycles. The predicted molar refractivity (Wildman–Crippen MR) is 83.5 cm³/mol. The summed E-state index contributed by atoms with van der Waals surface area (Å²) in [7, 11) is 0. The molecule has 21 heavy (non-hydrogen) atoms. The fraction of sp³-hybridized carbons (Fsp3) is 0.0588. The van der Waals surface area contributed by atoms with Crippen molar-refractivity contribution in [2.45, 2.75) is 6.92 Å². The van der Waals surface area contributed by atoms with Gasteiger partial charge in [0.15, 0.2) is 0 Å². The van der Waals surface area contributed by atoms with Gasteiger partial charge in [0.05, 0.1) is 23.0 Å². The van der Waals surface area contributed by atoms with Crippen molar-refractivity contribution in [1.29, 1.82) is 5.26 Å². The van der Waals surface area contributed by atoms with Crippen molar-refractivity contribution in [2.24, 2.45) is 0 Å². The molecular weight excluding hydrogens is 282 g/mol. The maximum Gasteiger partial charge on any atom is 0.136 e. The fourth-order valence-corrected chi connectivity index (χ4v) is 2.42. The number of aromatic nitrogens is 2. The maximum atomic E-state index is 8.85. The molecule has 1 aromatic heterocycles. The van der Waals surface area contributed by atoms with Crippen LogP contribution in [0.25, 0.3) is 16.9 Å². The molecule has 0 spiro atoms. The van der Waals surface area contributed by atoms with E-state index in [-0.39, 0.29) is 0 Å². The van der Waals surface area contributed by atoms with Crippen LogP contribution in [0.3, 0.4) is 0 Å². The minimum atomic E-state index is 0.582. The summed E-state index contributed by atoms with van der Waals surface area (Å²) in [5.74, 6) is 0. The molecule has 0 bridgehead atoms. The van der Waals surface area contributed by atoms with E-state index in [1.54, 1.807) is 16.8 Å². The van der Waals surface area contributed by atoms with E-state index in [0.717, 1.165) is 22.5 Å². The van der Waals surface area contributed by atoms with Gasteiger partial charge in [-0.3, -0.25) is 0 Å². The van der Waals surface area contributed by atoms with E-state index >= 15 is 0 Å². The molecule has 0 radical (unpaired) electrons. The number of hydrogen-bond acceptors (Lipinski definition) is 2. The van der Waals surface area contributed by atoms with Gasteiger partial charge >= 0.3 is 0 Å². The Hall–Kier alpha value is -2.57. The SMILES string of the molecule is Cc1c(-c2ccccc2)nn(-c2ccc(C#N)cc2)c1Cl. The van der Waals surface area contributed by atoms with Crippen LogP contribution >= 0.6 is 11.6 Å². The van der Waals surface area contributed by atoms with Crippen LogP contribution in [0, 0.1) is 18.3 Å². The number of benzene rings is 2. The quantitative estimate of drug-likeness (QED) is 0.704. The fourth-order valence-electron chi connectivity index (χ4n) is 2.19. The predicted octanol–water partition coefficient (Wildman–Crippen LogP) is 4.37. The van der Waals surface area contributed by atoms with Gasteiger partial charge in [0, 0.05) is 11.1 Å². The number of halogens is 1. The molecular formula is C17H12ClN3. The van der Waals surface area contributed by atoms with Gasteiger partial charge in [-0.2, -0.15) is 10.4 Å². The summed E-state index contributed by atoms with van der Waals surface area (Å²) in [6.07, 6.45) is 0. The first-order chi connectivity index (χ1) is 10.2. The highest BCUT2D eigenvalue weighted by atomic mass is 35.5. The van der Waals surface area contributed by atoms with Crippen LogP contribution in [0.5, 0.6) is 0 Å². The summed E-state index contributed by atoms with van der Waals surface area (Å²) in [5.41, 5.74) is 4.28. The Balaban J connectivity index is 2.10. The maximum absolute atomic E-state index is 8.85. The van der Waals surface area contributed by atoms with Gasteiger partial charge < -0.3 is 0 Å². The number of nitriles is 1. The third kappa shape index (κ3) is 2.42. The summed E-state index contributed by atoms with van der Waals surface area (Å²) in [5, 5.41) is 14.0. The van der Waals surface area contributed by atoms with Crippen LogP contribution in [0.1, 0.15) is 11.1 Å². The van der Waals surface area contributed by atoms with E-state index in [1.165, 1.54) is 0 Å². The van der Waals surface area contributed by atoms with E-state index in [2.05, 4.69) is 11.2 Å². The third-order valence-electron chi connectivity index (χ3n) is 3.34. The molecule has 0 aliphatic heterocycles. The van der Waals surface area contributed by atoms with Crippen molar-refractivity contribution in [3.05, 3.63) is 70.9 Å². The third-order valence-corrected chi connectivity index (χ3v) is 3.78. The molecule has 0 unspecified atom stereocenters. The van der Waals surface area contributed by atoms with Crippen molar-refractivity contribution in [3.63, 3.8) is 0 Å². The smallest absolute Gasteiger partial charge is 0.136 e. The zero-order valence-corrected chi connectivity index (χ0v) is 12.2. The van der Waals surface area contributed by atoms with Crippen LogP contribution < -0.4 is 0 Å². The summed E-state index contributed by atoms with van der Waals surface area (Å²) in [4.78, 5) is 0. The summed E-state index contributed by atoms with van der Waals surface area (Å²) in [6.45, 7) is 1.96. The first kappa shape index (κ1) is 13.4. The van der Waals surface area contributed by atoms with E-state index in [0.29, 0.717) is 10.7 Å². The zero-order chi connectivity index (χ0) is 14.8. The van der Waals surface area contributed by atoms with Crippen molar-refractivity contribution in [1.82, 2.24) is 9.78 Å². The lowest BCUT2D eigenvalue weighted by Crippen LogP contribution is -1.96. The lowest BCUT2D eigenvalue weighted by Gasteiger charge is -2.02. The number of nitrogens with zero attached hydrogens (tertiary/aromatic N) is 3. The molecule has 0 N–H and O–H groups in total. The minimum absolute atomic E-state index is 0.582. The normalized spacial score (nSPS) is 10.3. The van der Waals surface area contributed by atoms with Crippen LogP contribution in [0.15, 0.2) is 54.6 Å². The van der Waals surface area contributed by atoms with Crippen molar-refractivity contribution in [2.75, 3.05) is 0 Å². The number of rotatable bonds is 2. The average Bonchev–Trinajstić information content (AvgIpc) is 2.84. The van der Waals surface area contributed by atoms with Crippen molar-refractivity contribution in [3.8, 4) is 23.0 Å². The van der Waals surface area contributed by atoms with Crippen molar-refractivity contribution < 1.29 is 0 Å². The summed E-state index contributed by atoms with van der Waals surface area (Å²) < 4.78 is 1.69. The molecule has 0 amide bonds. The molecule has 1 heterocycles. The molecule has 4 heteroatoms. The van der Waals surface area contributed by atoms with Gasteiger partial charge in [0.1, 0.15) is 5.15 Å². The Morgan fingerprint density at radius 3 is 2.33 bits per heavy atom. The highest BCUT2D eigenvalue weighted by Crippen LogP contribution is 2.29. The first-order valence-electron chi connectivity index (χ1n) is 6.52. The Bertz CT molecular complexity index is 812. The second-order valence-corrected chi connectivity index (χ2v) is 5.06. The van der Waals surface area contributed by atoms with E-state index < -0.39 is 0 Å². The summed E-state index contributed by atoms with van der Waals surface area (Å²) >= 11 is 6.41. The van der Waals surface area contributed by atoms with Gasteiger partial charge in [-0.1, -0.05) is 41.9 Å². The molecule has 3 aromatic rings. The molecule has 0 fully saturated rings. The molecule has 0 aliphatic carbocycles. The average molecular weight is 294 g/mol. The Kier molecular flexibility index (Phi) is 3.47. The van der Waals surface area contributed by atoms with Gasteiger partial charge in [0.2, 0.25) is 0 Å². The van der Waals surface area contributed by atoms with Gasteiger partial charge in [0.25, 0.3) is 0 Å². The lowest BCUT2D eigenvalue weighted by molar-refractivity contribution is 0.884. The van der Waals surface area contributed by atoms with Gasteiger partial charge in [-0.25, -0.2) is 4.68 Å². The van der Waals surface area contributed by atoms with Crippen LogP contribution in [0.4, 0.5) is 0 Å². The first-order valence-corrected chi connectivity index (χ1v) is 6.89. The van der Waals surface area contributed by atoms with E-state index in [1.807, 2.05) is 49.4 Å². The molecule has 0 saturated heterocycles. The molecule has 3 rings (SSSR count). The Labute approximate surface area is 128 Å².